The number of carbonyl (C=O) groups excluding carboxylic acids is 1. The average molecular weight is 270 g/mol. The predicted molar refractivity (Wildman–Crippen MR) is 66.5 cm³/mol. The molecule has 0 saturated heterocycles. The summed E-state index contributed by atoms with van der Waals surface area (Å²) < 4.78 is 37.5. The maximum absolute atomic E-state index is 12.5. The van der Waals surface area contributed by atoms with Crippen molar-refractivity contribution >= 4 is 11.7 Å². The van der Waals surface area contributed by atoms with Crippen LogP contribution < -0.4 is 5.32 Å². The van der Waals surface area contributed by atoms with Crippen LogP contribution in [0.4, 0.5) is 23.7 Å². The van der Waals surface area contributed by atoms with Crippen LogP contribution in [0.3, 0.4) is 0 Å². The number of nitrogens with one attached hydrogen (secondary N) is 1. The van der Waals surface area contributed by atoms with Crippen molar-refractivity contribution in [3.63, 3.8) is 0 Å². The fourth-order valence-corrected chi connectivity index (χ4v) is 1.41. The SMILES string of the molecule is C#CCN(CC)C(=O)Nc1cccc(C(F)(F)F)c1. The highest BCUT2D eigenvalue weighted by molar-refractivity contribution is 5.89. The second kappa shape index (κ2) is 6.14. The molecule has 0 unspecified atom stereocenters. The number of amides is 2. The van der Waals surface area contributed by atoms with Gasteiger partial charge in [0.15, 0.2) is 0 Å². The van der Waals surface area contributed by atoms with Crippen molar-refractivity contribution in [2.24, 2.45) is 0 Å². The Morgan fingerprint density at radius 2 is 2.16 bits per heavy atom. The molecule has 0 aliphatic heterocycles. The van der Waals surface area contributed by atoms with Crippen LogP contribution in [-0.4, -0.2) is 24.0 Å². The normalized spacial score (nSPS) is 10.7. The molecule has 0 radical (unpaired) electrons. The summed E-state index contributed by atoms with van der Waals surface area (Å²) in [6.45, 7) is 2.19. The highest BCUT2D eigenvalue weighted by Gasteiger charge is 2.30. The fourth-order valence-electron chi connectivity index (χ4n) is 1.41. The zero-order valence-corrected chi connectivity index (χ0v) is 10.3. The van der Waals surface area contributed by atoms with E-state index in [0.29, 0.717) is 6.54 Å². The first-order chi connectivity index (χ1) is 8.88. The number of alkyl halides is 3. The van der Waals surface area contributed by atoms with Gasteiger partial charge in [-0.3, -0.25) is 0 Å². The molecule has 0 bridgehead atoms. The summed E-state index contributed by atoms with van der Waals surface area (Å²) in [6, 6.07) is 3.91. The first kappa shape index (κ1) is 14.9. The zero-order chi connectivity index (χ0) is 14.5. The van der Waals surface area contributed by atoms with E-state index in [9.17, 15) is 18.0 Å². The summed E-state index contributed by atoms with van der Waals surface area (Å²) in [7, 11) is 0. The van der Waals surface area contributed by atoms with Gasteiger partial charge in [-0.25, -0.2) is 4.79 Å². The van der Waals surface area contributed by atoms with Crippen LogP contribution in [0.5, 0.6) is 0 Å². The average Bonchev–Trinajstić information content (AvgIpc) is 2.35. The molecule has 3 nitrogen and oxygen atoms in total. The molecule has 1 aromatic rings. The molecule has 0 spiro atoms. The Kier molecular flexibility index (Phi) is 4.81. The van der Waals surface area contributed by atoms with E-state index in [1.165, 1.54) is 17.0 Å². The number of anilines is 1. The molecule has 1 rings (SSSR count). The number of rotatable bonds is 3. The number of halogens is 3. The number of terminal acetylenes is 1. The molecular weight excluding hydrogens is 257 g/mol. The number of urea groups is 1. The van der Waals surface area contributed by atoms with Gasteiger partial charge in [-0.2, -0.15) is 13.2 Å². The Hall–Kier alpha value is -2.16. The van der Waals surface area contributed by atoms with Gasteiger partial charge >= 0.3 is 12.2 Å². The number of hydrogen-bond donors (Lipinski definition) is 1. The van der Waals surface area contributed by atoms with E-state index in [0.717, 1.165) is 12.1 Å². The summed E-state index contributed by atoms with van der Waals surface area (Å²) in [6.07, 6.45) is 0.656. The Morgan fingerprint density at radius 3 is 2.68 bits per heavy atom. The van der Waals surface area contributed by atoms with E-state index in [-0.39, 0.29) is 12.2 Å². The molecule has 0 saturated carbocycles. The molecule has 0 aliphatic rings. The van der Waals surface area contributed by atoms with Crippen LogP contribution in [-0.2, 0) is 6.18 Å². The quantitative estimate of drug-likeness (QED) is 0.840. The summed E-state index contributed by atoms with van der Waals surface area (Å²) in [5.41, 5.74) is -0.736. The molecule has 2 amide bonds. The van der Waals surface area contributed by atoms with Crippen molar-refractivity contribution in [3.05, 3.63) is 29.8 Å². The molecule has 0 aromatic heterocycles. The minimum Gasteiger partial charge on any atom is -0.314 e. The van der Waals surface area contributed by atoms with E-state index in [1.54, 1.807) is 6.92 Å². The number of nitrogens with zero attached hydrogens (tertiary/aromatic N) is 1. The van der Waals surface area contributed by atoms with Gasteiger partial charge in [-0.05, 0) is 25.1 Å². The second-order valence-electron chi connectivity index (χ2n) is 3.73. The number of benzene rings is 1. The maximum atomic E-state index is 12.5. The lowest BCUT2D eigenvalue weighted by Crippen LogP contribution is -2.35. The van der Waals surface area contributed by atoms with Crippen LogP contribution >= 0.6 is 0 Å². The van der Waals surface area contributed by atoms with Gasteiger partial charge in [0, 0.05) is 12.2 Å². The zero-order valence-electron chi connectivity index (χ0n) is 10.3. The summed E-state index contributed by atoms with van der Waals surface area (Å²) in [5.74, 6) is 2.31. The van der Waals surface area contributed by atoms with E-state index in [2.05, 4.69) is 11.2 Å². The molecule has 1 N–H and O–H groups in total. The first-order valence-corrected chi connectivity index (χ1v) is 5.55. The lowest BCUT2D eigenvalue weighted by atomic mass is 10.2. The maximum Gasteiger partial charge on any atom is 0.416 e. The van der Waals surface area contributed by atoms with Gasteiger partial charge in [0.25, 0.3) is 0 Å². The van der Waals surface area contributed by atoms with Gasteiger partial charge in [-0.15, -0.1) is 6.42 Å². The summed E-state index contributed by atoms with van der Waals surface area (Å²) in [4.78, 5) is 13.0. The van der Waals surface area contributed by atoms with E-state index in [4.69, 9.17) is 6.42 Å². The molecule has 6 heteroatoms. The Morgan fingerprint density at radius 1 is 1.47 bits per heavy atom. The van der Waals surface area contributed by atoms with Crippen molar-refractivity contribution in [1.29, 1.82) is 0 Å². The monoisotopic (exact) mass is 270 g/mol. The summed E-state index contributed by atoms with van der Waals surface area (Å²) >= 11 is 0. The highest BCUT2D eigenvalue weighted by atomic mass is 19.4. The molecular formula is C13H13F3N2O. The van der Waals surface area contributed by atoms with E-state index < -0.39 is 17.8 Å². The minimum absolute atomic E-state index is 0.0790. The highest BCUT2D eigenvalue weighted by Crippen LogP contribution is 2.30. The van der Waals surface area contributed by atoms with Crippen LogP contribution in [0.1, 0.15) is 12.5 Å². The number of hydrogen-bond acceptors (Lipinski definition) is 1. The molecule has 0 heterocycles. The lowest BCUT2D eigenvalue weighted by molar-refractivity contribution is -0.137. The molecule has 1 aromatic carbocycles. The molecule has 0 aliphatic carbocycles. The number of carbonyl (C=O) groups is 1. The van der Waals surface area contributed by atoms with Gasteiger partial charge in [0.1, 0.15) is 0 Å². The Bertz CT molecular complexity index is 491. The van der Waals surface area contributed by atoms with E-state index in [1.807, 2.05) is 0 Å². The minimum atomic E-state index is -4.44. The van der Waals surface area contributed by atoms with Crippen LogP contribution in [0.2, 0.25) is 0 Å². The summed E-state index contributed by atoms with van der Waals surface area (Å²) in [5, 5.41) is 2.38. The predicted octanol–water partition coefficient (Wildman–Crippen LogP) is 3.19. The fraction of sp³-hybridized carbons (Fsp3) is 0.308. The van der Waals surface area contributed by atoms with Gasteiger partial charge in [-0.1, -0.05) is 12.0 Å². The largest absolute Gasteiger partial charge is 0.416 e. The molecule has 19 heavy (non-hydrogen) atoms. The third kappa shape index (κ3) is 4.21. The Balaban J connectivity index is 2.83. The van der Waals surface area contributed by atoms with Crippen molar-refractivity contribution in [1.82, 2.24) is 4.90 Å². The van der Waals surface area contributed by atoms with Crippen molar-refractivity contribution < 1.29 is 18.0 Å². The first-order valence-electron chi connectivity index (χ1n) is 5.55. The van der Waals surface area contributed by atoms with E-state index >= 15 is 0 Å². The smallest absolute Gasteiger partial charge is 0.314 e. The Labute approximate surface area is 109 Å². The third-order valence-corrected chi connectivity index (χ3v) is 2.39. The van der Waals surface area contributed by atoms with Gasteiger partial charge in [0.2, 0.25) is 0 Å². The van der Waals surface area contributed by atoms with Crippen LogP contribution in [0.25, 0.3) is 0 Å². The van der Waals surface area contributed by atoms with Crippen molar-refractivity contribution in [2.75, 3.05) is 18.4 Å². The second-order valence-corrected chi connectivity index (χ2v) is 3.73. The van der Waals surface area contributed by atoms with Crippen LogP contribution in [0, 0.1) is 12.3 Å². The topological polar surface area (TPSA) is 32.3 Å². The standard InChI is InChI=1S/C13H13F3N2O/c1-3-8-18(4-2)12(19)17-11-7-5-6-10(9-11)13(14,15)16/h1,5-7,9H,4,8H2,2H3,(H,17,19). The van der Waals surface area contributed by atoms with Crippen molar-refractivity contribution in [3.8, 4) is 12.3 Å². The molecule has 102 valence electrons. The van der Waals surface area contributed by atoms with Crippen molar-refractivity contribution in [2.45, 2.75) is 13.1 Å². The van der Waals surface area contributed by atoms with Crippen LogP contribution in [0.15, 0.2) is 24.3 Å². The third-order valence-electron chi connectivity index (χ3n) is 2.39. The molecule has 0 atom stereocenters. The van der Waals surface area contributed by atoms with Gasteiger partial charge < -0.3 is 10.2 Å². The lowest BCUT2D eigenvalue weighted by Gasteiger charge is -2.19. The van der Waals surface area contributed by atoms with Gasteiger partial charge in [0.05, 0.1) is 12.1 Å². The molecule has 0 fully saturated rings.